The van der Waals surface area contributed by atoms with Crippen LogP contribution in [-0.2, 0) is 5.41 Å². The molecule has 0 aliphatic heterocycles. The molecule has 3 nitrogen and oxygen atoms in total. The molecule has 1 unspecified atom stereocenters. The molecule has 1 aliphatic carbocycles. The first-order valence-corrected chi connectivity index (χ1v) is 10.4. The highest BCUT2D eigenvalue weighted by molar-refractivity contribution is 5.84. The largest absolute Gasteiger partial charge is 0.490 e. The van der Waals surface area contributed by atoms with Crippen molar-refractivity contribution in [1.82, 2.24) is 4.98 Å². The van der Waals surface area contributed by atoms with Gasteiger partial charge in [0.05, 0.1) is 6.10 Å². The summed E-state index contributed by atoms with van der Waals surface area (Å²) in [5, 5.41) is 2.34. The lowest BCUT2D eigenvalue weighted by atomic mass is 9.64. The van der Waals surface area contributed by atoms with Gasteiger partial charge < -0.3 is 10.5 Å². The average molecular weight is 375 g/mol. The molecular weight excluding hydrogens is 344 g/mol. The summed E-state index contributed by atoms with van der Waals surface area (Å²) >= 11 is 0. The second-order valence-electron chi connectivity index (χ2n) is 8.19. The number of aromatic nitrogens is 1. The van der Waals surface area contributed by atoms with E-state index in [2.05, 4.69) is 61.3 Å². The third kappa shape index (κ3) is 3.51. The highest BCUT2D eigenvalue weighted by atomic mass is 16.5. The fraction of sp³-hybridized carbons (Fsp3) is 0.400. The zero-order valence-electron chi connectivity index (χ0n) is 16.9. The fourth-order valence-corrected chi connectivity index (χ4v) is 4.79. The van der Waals surface area contributed by atoms with Crippen LogP contribution in [0.15, 0.2) is 60.9 Å². The Bertz CT molecular complexity index is 930. The second-order valence-corrected chi connectivity index (χ2v) is 8.19. The number of hydrogen-bond acceptors (Lipinski definition) is 3. The highest BCUT2D eigenvalue weighted by Gasteiger charge is 2.41. The Balaban J connectivity index is 1.52. The van der Waals surface area contributed by atoms with Crippen LogP contribution in [0.25, 0.3) is 10.8 Å². The second kappa shape index (κ2) is 7.92. The Morgan fingerprint density at radius 3 is 2.57 bits per heavy atom. The number of nitrogens with zero attached hydrogens (tertiary/aromatic N) is 1. The lowest BCUT2D eigenvalue weighted by molar-refractivity contribution is 0.103. The van der Waals surface area contributed by atoms with Crippen LogP contribution in [0, 0.1) is 6.92 Å². The third-order valence-corrected chi connectivity index (χ3v) is 6.55. The maximum atomic E-state index is 6.65. The van der Waals surface area contributed by atoms with Gasteiger partial charge in [-0.2, -0.15) is 0 Å². The van der Waals surface area contributed by atoms with E-state index in [0.29, 0.717) is 0 Å². The summed E-state index contributed by atoms with van der Waals surface area (Å²) in [6.07, 6.45) is 9.22. The Labute approximate surface area is 167 Å². The van der Waals surface area contributed by atoms with Gasteiger partial charge in [-0.15, -0.1) is 0 Å². The number of aryl methyl sites for hydroxylation is 1. The van der Waals surface area contributed by atoms with Gasteiger partial charge in [0.25, 0.3) is 0 Å². The molecule has 1 aromatic heterocycles. The Morgan fingerprint density at radius 1 is 1.11 bits per heavy atom. The van der Waals surface area contributed by atoms with E-state index >= 15 is 0 Å². The summed E-state index contributed by atoms with van der Waals surface area (Å²) in [6, 6.07) is 17.4. The van der Waals surface area contributed by atoms with Crippen LogP contribution in [0.2, 0.25) is 0 Å². The van der Waals surface area contributed by atoms with Gasteiger partial charge in [-0.1, -0.05) is 37.3 Å². The van der Waals surface area contributed by atoms with Gasteiger partial charge in [0.15, 0.2) is 0 Å². The standard InChI is InChI=1S/C25H30N2O/c1-3-24(26)25(21-7-5-4-6-8-21)12-9-22(10-13-25)28-23-16-19-11-14-27-17-20(19)15-18(23)2/h4-8,11,14-17,22,24H,3,9-10,12-13,26H2,1-2H3/t22-,24?,25+. The molecule has 1 heterocycles. The van der Waals surface area contributed by atoms with Crippen molar-refractivity contribution in [3.63, 3.8) is 0 Å². The minimum atomic E-state index is 0.0694. The minimum absolute atomic E-state index is 0.0694. The third-order valence-electron chi connectivity index (χ3n) is 6.55. The van der Waals surface area contributed by atoms with Crippen molar-refractivity contribution in [3.05, 3.63) is 72.1 Å². The molecule has 0 radical (unpaired) electrons. The molecule has 1 atom stereocenters. The van der Waals surface area contributed by atoms with Crippen molar-refractivity contribution in [2.45, 2.75) is 63.5 Å². The molecule has 1 fully saturated rings. The number of nitrogens with two attached hydrogens (primary N) is 1. The summed E-state index contributed by atoms with van der Waals surface area (Å²) in [6.45, 7) is 4.32. The van der Waals surface area contributed by atoms with E-state index < -0.39 is 0 Å². The van der Waals surface area contributed by atoms with Crippen LogP contribution in [0.1, 0.15) is 50.2 Å². The van der Waals surface area contributed by atoms with Crippen molar-refractivity contribution in [1.29, 1.82) is 0 Å². The van der Waals surface area contributed by atoms with E-state index in [1.54, 1.807) is 0 Å². The predicted octanol–water partition coefficient (Wildman–Crippen LogP) is 5.54. The normalized spacial score (nSPS) is 23.5. The van der Waals surface area contributed by atoms with Gasteiger partial charge in [0, 0.05) is 29.2 Å². The summed E-state index contributed by atoms with van der Waals surface area (Å²) < 4.78 is 6.48. The quantitative estimate of drug-likeness (QED) is 0.638. The van der Waals surface area contributed by atoms with Crippen LogP contribution in [-0.4, -0.2) is 17.1 Å². The van der Waals surface area contributed by atoms with Gasteiger partial charge >= 0.3 is 0 Å². The SMILES string of the molecule is CCC(N)[C@]1(c2ccccc2)CC[C@H](Oc2cc3ccncc3cc2C)CC1. The van der Waals surface area contributed by atoms with Crippen molar-refractivity contribution in [2.75, 3.05) is 0 Å². The van der Waals surface area contributed by atoms with E-state index in [4.69, 9.17) is 10.5 Å². The van der Waals surface area contributed by atoms with Crippen LogP contribution in [0.5, 0.6) is 5.75 Å². The summed E-state index contributed by atoms with van der Waals surface area (Å²) in [5.41, 5.74) is 9.28. The minimum Gasteiger partial charge on any atom is -0.490 e. The van der Waals surface area contributed by atoms with E-state index in [-0.39, 0.29) is 17.6 Å². The molecule has 2 N–H and O–H groups in total. The predicted molar refractivity (Wildman–Crippen MR) is 116 cm³/mol. The van der Waals surface area contributed by atoms with E-state index in [0.717, 1.165) is 43.2 Å². The molecule has 0 bridgehead atoms. The molecule has 28 heavy (non-hydrogen) atoms. The zero-order valence-corrected chi connectivity index (χ0v) is 16.9. The first-order valence-electron chi connectivity index (χ1n) is 10.4. The highest BCUT2D eigenvalue weighted by Crippen LogP contribution is 2.43. The number of ether oxygens (including phenoxy) is 1. The van der Waals surface area contributed by atoms with Gasteiger partial charge in [-0.3, -0.25) is 4.98 Å². The van der Waals surface area contributed by atoms with E-state index in [1.165, 1.54) is 16.5 Å². The fourth-order valence-electron chi connectivity index (χ4n) is 4.79. The van der Waals surface area contributed by atoms with Gasteiger partial charge in [0.2, 0.25) is 0 Å². The van der Waals surface area contributed by atoms with E-state index in [9.17, 15) is 0 Å². The Kier molecular flexibility index (Phi) is 5.36. The van der Waals surface area contributed by atoms with Crippen LogP contribution in [0.3, 0.4) is 0 Å². The molecule has 0 saturated heterocycles. The van der Waals surface area contributed by atoms with Crippen molar-refractivity contribution in [3.8, 4) is 5.75 Å². The van der Waals surface area contributed by atoms with Crippen LogP contribution >= 0.6 is 0 Å². The number of fused-ring (bicyclic) bond motifs is 1. The molecule has 2 aromatic carbocycles. The van der Waals surface area contributed by atoms with Gasteiger partial charge in [-0.05, 0) is 73.7 Å². The summed E-state index contributed by atoms with van der Waals surface area (Å²) in [5.74, 6) is 0.996. The molecular formula is C25H30N2O. The molecule has 0 amide bonds. The smallest absolute Gasteiger partial charge is 0.123 e. The van der Waals surface area contributed by atoms with Gasteiger partial charge in [-0.25, -0.2) is 0 Å². The Hall–Kier alpha value is -2.39. The van der Waals surface area contributed by atoms with Crippen molar-refractivity contribution in [2.24, 2.45) is 5.73 Å². The Morgan fingerprint density at radius 2 is 1.86 bits per heavy atom. The summed E-state index contributed by atoms with van der Waals surface area (Å²) in [7, 11) is 0. The molecule has 146 valence electrons. The number of benzene rings is 2. The zero-order chi connectivity index (χ0) is 19.6. The topological polar surface area (TPSA) is 48.1 Å². The lowest BCUT2D eigenvalue weighted by Crippen LogP contribution is -2.48. The molecule has 4 rings (SSSR count). The molecule has 1 aliphatic rings. The van der Waals surface area contributed by atoms with Crippen molar-refractivity contribution < 1.29 is 4.74 Å². The number of rotatable bonds is 5. The van der Waals surface area contributed by atoms with Crippen LogP contribution < -0.4 is 10.5 Å². The number of hydrogen-bond donors (Lipinski definition) is 1. The maximum absolute atomic E-state index is 6.65. The molecule has 0 spiro atoms. The maximum Gasteiger partial charge on any atom is 0.123 e. The van der Waals surface area contributed by atoms with E-state index in [1.807, 2.05) is 18.5 Å². The van der Waals surface area contributed by atoms with Crippen LogP contribution in [0.4, 0.5) is 0 Å². The average Bonchev–Trinajstić information content (AvgIpc) is 2.75. The van der Waals surface area contributed by atoms with Gasteiger partial charge in [0.1, 0.15) is 5.75 Å². The lowest BCUT2D eigenvalue weighted by Gasteiger charge is -2.44. The molecule has 3 heteroatoms. The summed E-state index contributed by atoms with van der Waals surface area (Å²) in [4.78, 5) is 4.22. The first-order chi connectivity index (χ1) is 13.6. The number of pyridine rings is 1. The monoisotopic (exact) mass is 374 g/mol. The molecule has 3 aromatic rings. The molecule has 1 saturated carbocycles. The first kappa shape index (κ1) is 18.9. The van der Waals surface area contributed by atoms with Crippen molar-refractivity contribution >= 4 is 10.8 Å².